The van der Waals surface area contributed by atoms with Gasteiger partial charge in [-0.3, -0.25) is 0 Å². The molecular formula is C15H13Cl2NOS. The van der Waals surface area contributed by atoms with Gasteiger partial charge >= 0.3 is 0 Å². The zero-order valence-corrected chi connectivity index (χ0v) is 13.4. The fourth-order valence-corrected chi connectivity index (χ4v) is 3.91. The van der Waals surface area contributed by atoms with E-state index >= 15 is 0 Å². The number of fused-ring (bicyclic) bond motifs is 1. The first-order valence-corrected chi connectivity index (χ1v) is 7.74. The number of benzene rings is 1. The molecule has 104 valence electrons. The number of thiophene rings is 1. The lowest BCUT2D eigenvalue weighted by Crippen LogP contribution is -2.11. The second kappa shape index (κ2) is 5.08. The van der Waals surface area contributed by atoms with E-state index < -0.39 is 6.04 Å². The van der Waals surface area contributed by atoms with Gasteiger partial charge in [-0.2, -0.15) is 0 Å². The number of rotatable bonds is 2. The molecule has 5 heteroatoms. The molecule has 3 rings (SSSR count). The van der Waals surface area contributed by atoms with Crippen molar-refractivity contribution in [1.82, 2.24) is 0 Å². The Morgan fingerprint density at radius 2 is 1.95 bits per heavy atom. The number of hydrogen-bond acceptors (Lipinski definition) is 3. The highest BCUT2D eigenvalue weighted by atomic mass is 35.5. The van der Waals surface area contributed by atoms with E-state index in [0.29, 0.717) is 8.67 Å². The van der Waals surface area contributed by atoms with Gasteiger partial charge in [-0.15, -0.1) is 11.3 Å². The third kappa shape index (κ3) is 2.25. The van der Waals surface area contributed by atoms with Crippen molar-refractivity contribution in [3.8, 4) is 0 Å². The van der Waals surface area contributed by atoms with Crippen LogP contribution in [0.25, 0.3) is 11.0 Å². The molecule has 2 N–H and O–H groups in total. The van der Waals surface area contributed by atoms with E-state index in [1.165, 1.54) is 16.9 Å². The van der Waals surface area contributed by atoms with E-state index in [-0.39, 0.29) is 0 Å². The maximum atomic E-state index is 6.30. The van der Waals surface area contributed by atoms with Crippen LogP contribution in [-0.4, -0.2) is 0 Å². The van der Waals surface area contributed by atoms with Crippen LogP contribution in [0.5, 0.6) is 0 Å². The van der Waals surface area contributed by atoms with Crippen molar-refractivity contribution in [2.75, 3.05) is 0 Å². The molecule has 1 unspecified atom stereocenters. The zero-order valence-electron chi connectivity index (χ0n) is 11.0. The largest absolute Gasteiger partial charge is 0.459 e. The SMILES string of the molecule is Cc1ccc2oc(C(N)c3cc(Cl)sc3Cl)c(C)c2c1. The lowest BCUT2D eigenvalue weighted by atomic mass is 10.0. The Morgan fingerprint density at radius 1 is 1.20 bits per heavy atom. The summed E-state index contributed by atoms with van der Waals surface area (Å²) in [5.41, 5.74) is 10.2. The van der Waals surface area contributed by atoms with Crippen molar-refractivity contribution in [3.63, 3.8) is 0 Å². The molecule has 20 heavy (non-hydrogen) atoms. The first-order valence-electron chi connectivity index (χ1n) is 6.17. The lowest BCUT2D eigenvalue weighted by molar-refractivity contribution is 0.521. The van der Waals surface area contributed by atoms with Crippen LogP contribution >= 0.6 is 34.5 Å². The van der Waals surface area contributed by atoms with E-state index in [9.17, 15) is 0 Å². The molecule has 0 amide bonds. The molecular weight excluding hydrogens is 313 g/mol. The predicted octanol–water partition coefficient (Wildman–Crippen LogP) is 5.47. The first kappa shape index (κ1) is 14.0. The smallest absolute Gasteiger partial charge is 0.134 e. The van der Waals surface area contributed by atoms with Crippen molar-refractivity contribution in [2.45, 2.75) is 19.9 Å². The molecule has 0 bridgehead atoms. The Hall–Kier alpha value is -1.000. The van der Waals surface area contributed by atoms with Gasteiger partial charge in [0.15, 0.2) is 0 Å². The van der Waals surface area contributed by atoms with Crippen molar-refractivity contribution >= 4 is 45.5 Å². The van der Waals surface area contributed by atoms with Crippen LogP contribution in [-0.2, 0) is 0 Å². The molecule has 0 saturated heterocycles. The van der Waals surface area contributed by atoms with Crippen LogP contribution in [0.3, 0.4) is 0 Å². The summed E-state index contributed by atoms with van der Waals surface area (Å²) < 4.78 is 7.15. The van der Waals surface area contributed by atoms with Gasteiger partial charge in [0, 0.05) is 16.5 Å². The molecule has 2 heterocycles. The molecule has 1 atom stereocenters. The summed E-state index contributed by atoms with van der Waals surface area (Å²) in [6.45, 7) is 4.07. The summed E-state index contributed by atoms with van der Waals surface area (Å²) in [5, 5.41) is 1.09. The molecule has 0 aliphatic carbocycles. The quantitative estimate of drug-likeness (QED) is 0.678. The average Bonchev–Trinajstić information content (AvgIpc) is 2.90. The van der Waals surface area contributed by atoms with Crippen LogP contribution < -0.4 is 5.73 Å². The van der Waals surface area contributed by atoms with E-state index in [1.54, 1.807) is 6.07 Å². The molecule has 2 nitrogen and oxygen atoms in total. The van der Waals surface area contributed by atoms with E-state index in [4.69, 9.17) is 33.4 Å². The summed E-state index contributed by atoms with van der Waals surface area (Å²) in [5.74, 6) is 0.738. The number of hydrogen-bond donors (Lipinski definition) is 1. The normalized spacial score (nSPS) is 13.1. The van der Waals surface area contributed by atoms with Gasteiger partial charge in [0.2, 0.25) is 0 Å². The van der Waals surface area contributed by atoms with E-state index in [0.717, 1.165) is 27.9 Å². The highest BCUT2D eigenvalue weighted by Crippen LogP contribution is 2.39. The Kier molecular flexibility index (Phi) is 3.55. The van der Waals surface area contributed by atoms with Crippen molar-refractivity contribution in [2.24, 2.45) is 5.73 Å². The van der Waals surface area contributed by atoms with Gasteiger partial charge < -0.3 is 10.2 Å². The number of aryl methyl sites for hydroxylation is 2. The summed E-state index contributed by atoms with van der Waals surface area (Å²) in [6, 6.07) is 7.49. The molecule has 3 aromatic rings. The highest BCUT2D eigenvalue weighted by molar-refractivity contribution is 7.20. The fourth-order valence-electron chi connectivity index (χ4n) is 2.36. The van der Waals surface area contributed by atoms with Gasteiger partial charge in [0.1, 0.15) is 11.3 Å². The number of nitrogens with two attached hydrogens (primary N) is 1. The topological polar surface area (TPSA) is 39.2 Å². The second-order valence-corrected chi connectivity index (χ2v) is 7.13. The maximum absolute atomic E-state index is 6.30. The maximum Gasteiger partial charge on any atom is 0.134 e. The average molecular weight is 326 g/mol. The minimum atomic E-state index is -0.404. The molecule has 0 aliphatic rings. The van der Waals surface area contributed by atoms with Crippen LogP contribution in [0, 0.1) is 13.8 Å². The molecule has 2 aromatic heterocycles. The second-order valence-electron chi connectivity index (χ2n) is 4.85. The van der Waals surface area contributed by atoms with E-state index in [1.807, 2.05) is 19.1 Å². The molecule has 0 radical (unpaired) electrons. The molecule has 0 aliphatic heterocycles. The highest BCUT2D eigenvalue weighted by Gasteiger charge is 2.22. The van der Waals surface area contributed by atoms with Crippen LogP contribution in [0.2, 0.25) is 8.67 Å². The van der Waals surface area contributed by atoms with Gasteiger partial charge in [0.25, 0.3) is 0 Å². The third-order valence-electron chi connectivity index (χ3n) is 3.43. The summed E-state index contributed by atoms with van der Waals surface area (Å²) in [7, 11) is 0. The van der Waals surface area contributed by atoms with Gasteiger partial charge in [0.05, 0.1) is 14.7 Å². The number of halogens is 2. The molecule has 1 aromatic carbocycles. The Bertz CT molecular complexity index is 791. The third-order valence-corrected chi connectivity index (χ3v) is 4.95. The minimum Gasteiger partial charge on any atom is -0.459 e. The summed E-state index contributed by atoms with van der Waals surface area (Å²) in [6.07, 6.45) is 0. The lowest BCUT2D eigenvalue weighted by Gasteiger charge is -2.08. The van der Waals surface area contributed by atoms with Crippen molar-refractivity contribution in [1.29, 1.82) is 0 Å². The summed E-state index contributed by atoms with van der Waals surface area (Å²) >= 11 is 13.5. The Labute approximate surface area is 131 Å². The zero-order chi connectivity index (χ0) is 14.4. The van der Waals surface area contributed by atoms with Crippen LogP contribution in [0.4, 0.5) is 0 Å². The Balaban J connectivity index is 2.14. The standard InChI is InChI=1S/C15H13Cl2NOS/c1-7-3-4-11-9(5-7)8(2)14(19-11)13(18)10-6-12(16)20-15(10)17/h3-6,13H,18H2,1-2H3. The van der Waals surface area contributed by atoms with Crippen molar-refractivity contribution < 1.29 is 4.42 Å². The van der Waals surface area contributed by atoms with Crippen molar-refractivity contribution in [3.05, 3.63) is 55.4 Å². The fraction of sp³-hybridized carbons (Fsp3) is 0.200. The molecule has 0 spiro atoms. The van der Waals surface area contributed by atoms with Gasteiger partial charge in [-0.25, -0.2) is 0 Å². The predicted molar refractivity (Wildman–Crippen MR) is 86.1 cm³/mol. The Morgan fingerprint density at radius 3 is 2.60 bits per heavy atom. The van der Waals surface area contributed by atoms with E-state index in [2.05, 4.69) is 13.0 Å². The van der Waals surface area contributed by atoms with Crippen LogP contribution in [0.1, 0.15) is 28.5 Å². The molecule has 0 fully saturated rings. The first-order chi connectivity index (χ1) is 9.47. The number of furan rings is 1. The molecule has 0 saturated carbocycles. The van der Waals surface area contributed by atoms with Crippen LogP contribution in [0.15, 0.2) is 28.7 Å². The minimum absolute atomic E-state index is 0.404. The summed E-state index contributed by atoms with van der Waals surface area (Å²) in [4.78, 5) is 0. The monoisotopic (exact) mass is 325 g/mol. The van der Waals surface area contributed by atoms with Gasteiger partial charge in [-0.05, 0) is 32.0 Å². The van der Waals surface area contributed by atoms with Gasteiger partial charge in [-0.1, -0.05) is 34.8 Å².